The Morgan fingerprint density at radius 3 is 2.36 bits per heavy atom. The number of nitrogens with zero attached hydrogens (tertiary/aromatic N) is 1. The van der Waals surface area contributed by atoms with Gasteiger partial charge in [0, 0.05) is 18.7 Å². The first-order valence-corrected chi connectivity index (χ1v) is 8.60. The van der Waals surface area contributed by atoms with Crippen molar-refractivity contribution >= 4 is 11.6 Å². The Balaban J connectivity index is 2.04. The first kappa shape index (κ1) is 17.0. The fraction of sp³-hybridized carbons (Fsp3) is 0.632. The summed E-state index contributed by atoms with van der Waals surface area (Å²) in [6.45, 7) is 11.4. The van der Waals surface area contributed by atoms with Gasteiger partial charge in [0.25, 0.3) is 0 Å². The Hall–Kier alpha value is -1.35. The zero-order valence-electron chi connectivity index (χ0n) is 14.5. The van der Waals surface area contributed by atoms with Crippen molar-refractivity contribution in [2.45, 2.75) is 47.0 Å². The summed E-state index contributed by atoms with van der Waals surface area (Å²) >= 11 is 0. The second-order valence-corrected chi connectivity index (χ2v) is 6.75. The lowest BCUT2D eigenvalue weighted by atomic mass is 9.84. The van der Waals surface area contributed by atoms with Gasteiger partial charge >= 0.3 is 0 Å². The molecule has 1 heterocycles. The Kier molecular flexibility index (Phi) is 6.01. The van der Waals surface area contributed by atoms with Crippen LogP contribution in [-0.4, -0.2) is 25.5 Å². The maximum absolute atomic E-state index is 12.8. The zero-order chi connectivity index (χ0) is 16.1. The molecular weight excluding hydrogens is 272 g/mol. The van der Waals surface area contributed by atoms with Gasteiger partial charge in [-0.3, -0.25) is 4.79 Å². The van der Waals surface area contributed by atoms with Gasteiger partial charge in [-0.2, -0.15) is 0 Å². The van der Waals surface area contributed by atoms with Crippen LogP contribution in [0.25, 0.3) is 0 Å². The van der Waals surface area contributed by atoms with Crippen molar-refractivity contribution in [3.63, 3.8) is 0 Å². The second kappa shape index (κ2) is 7.77. The molecule has 1 fully saturated rings. The van der Waals surface area contributed by atoms with Gasteiger partial charge in [0.1, 0.15) is 0 Å². The first-order valence-electron chi connectivity index (χ1n) is 8.60. The number of amides is 1. The summed E-state index contributed by atoms with van der Waals surface area (Å²) in [5.41, 5.74) is 3.47. The fourth-order valence-corrected chi connectivity index (χ4v) is 3.57. The van der Waals surface area contributed by atoms with Crippen LogP contribution in [0.2, 0.25) is 0 Å². The molecule has 2 rings (SSSR count). The van der Waals surface area contributed by atoms with E-state index < -0.39 is 0 Å². The van der Waals surface area contributed by atoms with Crippen LogP contribution >= 0.6 is 0 Å². The van der Waals surface area contributed by atoms with E-state index in [1.54, 1.807) is 0 Å². The number of aryl methyl sites for hydroxylation is 2. The lowest BCUT2D eigenvalue weighted by molar-refractivity contribution is -0.119. The highest BCUT2D eigenvalue weighted by molar-refractivity contribution is 5.93. The molecule has 0 aromatic heterocycles. The Morgan fingerprint density at radius 2 is 1.82 bits per heavy atom. The lowest BCUT2D eigenvalue weighted by Crippen LogP contribution is -2.35. The molecule has 0 radical (unpaired) electrons. The third-order valence-electron chi connectivity index (χ3n) is 4.82. The second-order valence-electron chi connectivity index (χ2n) is 6.75. The molecule has 22 heavy (non-hydrogen) atoms. The van der Waals surface area contributed by atoms with Gasteiger partial charge in [0.2, 0.25) is 5.91 Å². The first-order chi connectivity index (χ1) is 10.5. The molecule has 1 aliphatic rings. The van der Waals surface area contributed by atoms with Crippen molar-refractivity contribution in [2.75, 3.05) is 24.5 Å². The van der Waals surface area contributed by atoms with Crippen molar-refractivity contribution in [1.29, 1.82) is 0 Å². The van der Waals surface area contributed by atoms with Gasteiger partial charge in [-0.1, -0.05) is 13.0 Å². The molecule has 0 saturated carbocycles. The largest absolute Gasteiger partial charge is 0.317 e. The van der Waals surface area contributed by atoms with Gasteiger partial charge in [-0.05, 0) is 81.8 Å². The van der Waals surface area contributed by atoms with Gasteiger partial charge in [-0.25, -0.2) is 0 Å². The number of carbonyl (C=O) groups is 1. The average Bonchev–Trinajstić information content (AvgIpc) is 2.47. The lowest BCUT2D eigenvalue weighted by Gasteiger charge is -2.30. The molecule has 0 spiro atoms. The van der Waals surface area contributed by atoms with Crippen molar-refractivity contribution in [2.24, 2.45) is 11.8 Å². The normalized spacial score (nSPS) is 17.3. The number of rotatable bonds is 5. The molecule has 1 atom stereocenters. The predicted octanol–water partition coefficient (Wildman–Crippen LogP) is 3.68. The number of piperidine rings is 1. The van der Waals surface area contributed by atoms with E-state index in [9.17, 15) is 4.79 Å². The smallest absolute Gasteiger partial charge is 0.227 e. The summed E-state index contributed by atoms with van der Waals surface area (Å²) in [7, 11) is 0. The summed E-state index contributed by atoms with van der Waals surface area (Å²) in [5, 5.41) is 3.40. The van der Waals surface area contributed by atoms with E-state index >= 15 is 0 Å². The molecule has 1 aromatic carbocycles. The number of hydrogen-bond acceptors (Lipinski definition) is 2. The zero-order valence-corrected chi connectivity index (χ0v) is 14.5. The predicted molar refractivity (Wildman–Crippen MR) is 93.3 cm³/mol. The van der Waals surface area contributed by atoms with E-state index in [-0.39, 0.29) is 5.91 Å². The molecule has 1 amide bonds. The van der Waals surface area contributed by atoms with Crippen molar-refractivity contribution in [3.05, 3.63) is 29.3 Å². The van der Waals surface area contributed by atoms with Gasteiger partial charge in [0.15, 0.2) is 0 Å². The minimum atomic E-state index is 0.263. The van der Waals surface area contributed by atoms with E-state index in [0.29, 0.717) is 18.3 Å². The highest BCUT2D eigenvalue weighted by Gasteiger charge is 2.24. The third-order valence-corrected chi connectivity index (χ3v) is 4.82. The summed E-state index contributed by atoms with van der Waals surface area (Å²) in [5.74, 6) is 1.41. The average molecular weight is 302 g/mol. The molecule has 3 nitrogen and oxygen atoms in total. The van der Waals surface area contributed by atoms with Crippen LogP contribution in [0.15, 0.2) is 18.2 Å². The summed E-state index contributed by atoms with van der Waals surface area (Å²) in [6.07, 6.45) is 3.06. The van der Waals surface area contributed by atoms with E-state index in [2.05, 4.69) is 51.2 Å². The monoisotopic (exact) mass is 302 g/mol. The summed E-state index contributed by atoms with van der Waals surface area (Å²) in [6, 6.07) is 6.38. The number of benzene rings is 1. The molecular formula is C19H30N2O. The van der Waals surface area contributed by atoms with Crippen LogP contribution in [0.1, 0.15) is 44.2 Å². The molecule has 1 N–H and O–H groups in total. The minimum Gasteiger partial charge on any atom is -0.317 e. The van der Waals surface area contributed by atoms with Crippen LogP contribution in [0.4, 0.5) is 5.69 Å². The molecule has 0 aliphatic carbocycles. The van der Waals surface area contributed by atoms with Gasteiger partial charge in [0.05, 0.1) is 0 Å². The standard InChI is InChI=1S/C19H30N2O/c1-5-21(18-11-14(2)10-15(3)12-18)19(22)13-16(4)17-6-8-20-9-7-17/h10-12,16-17,20H,5-9,13H2,1-4H3. The maximum Gasteiger partial charge on any atom is 0.227 e. The van der Waals surface area contributed by atoms with Crippen LogP contribution in [-0.2, 0) is 4.79 Å². The Bertz CT molecular complexity index is 486. The molecule has 1 aromatic rings. The SMILES string of the molecule is CCN(C(=O)CC(C)C1CCNCC1)c1cc(C)cc(C)c1. The van der Waals surface area contributed by atoms with E-state index in [0.717, 1.165) is 25.3 Å². The molecule has 3 heteroatoms. The molecule has 0 bridgehead atoms. The molecule has 1 aliphatic heterocycles. The van der Waals surface area contributed by atoms with Gasteiger partial charge in [-0.15, -0.1) is 0 Å². The van der Waals surface area contributed by atoms with Gasteiger partial charge < -0.3 is 10.2 Å². The van der Waals surface area contributed by atoms with E-state index in [1.807, 2.05) is 4.90 Å². The van der Waals surface area contributed by atoms with E-state index in [4.69, 9.17) is 0 Å². The molecule has 1 saturated heterocycles. The van der Waals surface area contributed by atoms with Crippen LogP contribution < -0.4 is 10.2 Å². The van der Waals surface area contributed by atoms with Crippen LogP contribution in [0, 0.1) is 25.7 Å². The summed E-state index contributed by atoms with van der Waals surface area (Å²) < 4.78 is 0. The number of hydrogen-bond donors (Lipinski definition) is 1. The Labute approximate surface area is 135 Å². The third kappa shape index (κ3) is 4.33. The van der Waals surface area contributed by atoms with Crippen LogP contribution in [0.5, 0.6) is 0 Å². The Morgan fingerprint density at radius 1 is 1.23 bits per heavy atom. The highest BCUT2D eigenvalue weighted by atomic mass is 16.2. The fourth-order valence-electron chi connectivity index (χ4n) is 3.57. The summed E-state index contributed by atoms with van der Waals surface area (Å²) in [4.78, 5) is 14.7. The molecule has 1 unspecified atom stereocenters. The topological polar surface area (TPSA) is 32.3 Å². The van der Waals surface area contributed by atoms with Crippen molar-refractivity contribution in [1.82, 2.24) is 5.32 Å². The minimum absolute atomic E-state index is 0.263. The number of carbonyl (C=O) groups excluding carboxylic acids is 1. The molecule has 122 valence electrons. The van der Waals surface area contributed by atoms with Crippen molar-refractivity contribution < 1.29 is 4.79 Å². The number of anilines is 1. The van der Waals surface area contributed by atoms with Crippen molar-refractivity contribution in [3.8, 4) is 0 Å². The van der Waals surface area contributed by atoms with E-state index in [1.165, 1.54) is 24.0 Å². The highest BCUT2D eigenvalue weighted by Crippen LogP contribution is 2.26. The maximum atomic E-state index is 12.8. The number of nitrogens with one attached hydrogen (secondary N) is 1. The quantitative estimate of drug-likeness (QED) is 0.900. The van der Waals surface area contributed by atoms with Crippen LogP contribution in [0.3, 0.4) is 0 Å².